The third-order valence-corrected chi connectivity index (χ3v) is 9.10. The summed E-state index contributed by atoms with van der Waals surface area (Å²) in [6.07, 6.45) is -2.53. The van der Waals surface area contributed by atoms with E-state index in [1.807, 2.05) is 95.9 Å². The van der Waals surface area contributed by atoms with Gasteiger partial charge in [0.05, 0.1) is 25.4 Å². The van der Waals surface area contributed by atoms with Gasteiger partial charge in [0.2, 0.25) is 0 Å². The molecule has 2 aliphatic heterocycles. The zero-order chi connectivity index (χ0) is 36.8. The lowest BCUT2D eigenvalue weighted by Crippen LogP contribution is -2.54. The van der Waals surface area contributed by atoms with Crippen LogP contribution in [-0.2, 0) is 43.5 Å². The van der Waals surface area contributed by atoms with E-state index in [0.717, 1.165) is 16.7 Å². The third kappa shape index (κ3) is 11.9. The van der Waals surface area contributed by atoms with Crippen LogP contribution < -0.4 is 0 Å². The van der Waals surface area contributed by atoms with Crippen LogP contribution in [0.3, 0.4) is 0 Å². The van der Waals surface area contributed by atoms with Crippen molar-refractivity contribution in [3.05, 3.63) is 108 Å². The zero-order valence-corrected chi connectivity index (χ0v) is 30.0. The molecule has 2 aliphatic rings. The minimum atomic E-state index is -0.888. The van der Waals surface area contributed by atoms with Crippen molar-refractivity contribution in [3.8, 4) is 0 Å². The molecule has 3 aromatic rings. The van der Waals surface area contributed by atoms with Gasteiger partial charge in [-0.3, -0.25) is 4.90 Å². The summed E-state index contributed by atoms with van der Waals surface area (Å²) in [6.45, 7) is 5.65. The van der Waals surface area contributed by atoms with Crippen LogP contribution in [0.4, 0.5) is 14.4 Å². The molecule has 1 N–H and O–H groups in total. The van der Waals surface area contributed by atoms with Crippen molar-refractivity contribution in [2.45, 2.75) is 51.6 Å². The number of hydrogen-bond donors (Lipinski definition) is 1. The predicted molar refractivity (Wildman–Crippen MR) is 192 cm³/mol. The molecule has 2 atom stereocenters. The van der Waals surface area contributed by atoms with Crippen molar-refractivity contribution in [2.24, 2.45) is 0 Å². The first-order valence-electron chi connectivity index (χ1n) is 17.7. The Morgan fingerprint density at radius 3 is 1.27 bits per heavy atom. The van der Waals surface area contributed by atoms with Crippen LogP contribution in [0.2, 0.25) is 0 Å². The van der Waals surface area contributed by atoms with Gasteiger partial charge in [0.25, 0.3) is 0 Å². The number of carbonyl (C=O) groups is 3. The summed E-state index contributed by atoms with van der Waals surface area (Å²) in [5, 5.41) is 11.2. The average Bonchev–Trinajstić information content (AvgIpc) is 3.30. The van der Waals surface area contributed by atoms with Crippen LogP contribution in [0.25, 0.3) is 0 Å². The SMILES string of the molecule is CC1(C)OCC(O)C(N2CCN(C(=O)OCc3ccccc3)CCN(C(=O)OCc3ccccc3)CCN(C(=O)OCc3ccccc3)CC2)CO1. The first-order valence-corrected chi connectivity index (χ1v) is 17.7. The Hall–Kier alpha value is -4.69. The Bertz CT molecular complexity index is 1480. The summed E-state index contributed by atoms with van der Waals surface area (Å²) < 4.78 is 29.0. The Morgan fingerprint density at radius 1 is 0.577 bits per heavy atom. The van der Waals surface area contributed by atoms with Crippen molar-refractivity contribution in [2.75, 3.05) is 65.6 Å². The van der Waals surface area contributed by atoms with Crippen molar-refractivity contribution < 1.29 is 43.2 Å². The standard InChI is InChI=1S/C39H50N4O9/c1-39(2)51-29-34(35(44)30-52-39)40-18-20-41(36(45)48-26-31-12-6-3-7-13-31)22-24-43(38(47)50-28-33-16-10-5-11-17-33)25-23-42(21-19-40)37(46)49-27-32-14-8-4-9-15-32/h3-17,34-35,44H,18-30H2,1-2H3. The van der Waals surface area contributed by atoms with Gasteiger partial charge in [-0.25, -0.2) is 14.4 Å². The van der Waals surface area contributed by atoms with Crippen LogP contribution in [-0.4, -0.2) is 126 Å². The fourth-order valence-corrected chi connectivity index (χ4v) is 5.92. The molecule has 2 fully saturated rings. The van der Waals surface area contributed by atoms with Gasteiger partial charge in [0.15, 0.2) is 5.79 Å². The molecule has 0 aromatic heterocycles. The maximum absolute atomic E-state index is 13.6. The summed E-state index contributed by atoms with van der Waals surface area (Å²) in [7, 11) is 0. The minimum absolute atomic E-state index is 0.0554. The Kier molecular flexibility index (Phi) is 14.3. The molecule has 3 aromatic carbocycles. The van der Waals surface area contributed by atoms with Crippen LogP contribution in [0.15, 0.2) is 91.0 Å². The van der Waals surface area contributed by atoms with Gasteiger partial charge in [0, 0.05) is 52.4 Å². The normalized spacial score (nSPS) is 20.5. The molecule has 2 saturated heterocycles. The van der Waals surface area contributed by atoms with Gasteiger partial charge >= 0.3 is 18.3 Å². The molecule has 2 heterocycles. The molecule has 0 radical (unpaired) electrons. The Balaban J connectivity index is 1.36. The minimum Gasteiger partial charge on any atom is -0.445 e. The molecule has 5 rings (SSSR count). The molecule has 2 unspecified atom stereocenters. The van der Waals surface area contributed by atoms with E-state index in [2.05, 4.69) is 0 Å². The van der Waals surface area contributed by atoms with Crippen LogP contribution in [0.1, 0.15) is 30.5 Å². The summed E-state index contributed by atoms with van der Waals surface area (Å²) in [5.74, 6) is -0.888. The molecule has 13 heteroatoms. The van der Waals surface area contributed by atoms with Gasteiger partial charge in [-0.05, 0) is 30.5 Å². The number of aliphatic hydroxyl groups excluding tert-OH is 1. The lowest BCUT2D eigenvalue weighted by Gasteiger charge is -2.37. The van der Waals surface area contributed by atoms with Crippen molar-refractivity contribution in [1.82, 2.24) is 19.6 Å². The number of benzene rings is 3. The quantitative estimate of drug-likeness (QED) is 0.343. The number of hydrogen-bond acceptors (Lipinski definition) is 10. The van der Waals surface area contributed by atoms with E-state index in [1.54, 1.807) is 23.6 Å². The average molecular weight is 719 g/mol. The van der Waals surface area contributed by atoms with E-state index in [9.17, 15) is 19.5 Å². The maximum atomic E-state index is 13.6. The number of nitrogens with zero attached hydrogens (tertiary/aromatic N) is 4. The second-order valence-electron chi connectivity index (χ2n) is 13.3. The molecule has 3 amide bonds. The van der Waals surface area contributed by atoms with Crippen molar-refractivity contribution in [1.29, 1.82) is 0 Å². The molecule has 13 nitrogen and oxygen atoms in total. The van der Waals surface area contributed by atoms with Gasteiger partial charge in [-0.15, -0.1) is 0 Å². The van der Waals surface area contributed by atoms with Crippen molar-refractivity contribution >= 4 is 18.3 Å². The van der Waals surface area contributed by atoms with Crippen LogP contribution >= 0.6 is 0 Å². The molecule has 0 saturated carbocycles. The highest BCUT2D eigenvalue weighted by atomic mass is 16.7. The van der Waals surface area contributed by atoms with Gasteiger partial charge in [-0.1, -0.05) is 91.0 Å². The molecule has 0 bridgehead atoms. The molecule has 0 spiro atoms. The van der Waals surface area contributed by atoms with Crippen LogP contribution in [0, 0.1) is 0 Å². The maximum Gasteiger partial charge on any atom is 0.410 e. The third-order valence-electron chi connectivity index (χ3n) is 9.10. The zero-order valence-electron chi connectivity index (χ0n) is 30.0. The van der Waals surface area contributed by atoms with Gasteiger partial charge in [-0.2, -0.15) is 0 Å². The largest absolute Gasteiger partial charge is 0.445 e. The summed E-state index contributed by atoms with van der Waals surface area (Å²) in [6, 6.07) is 27.7. The molecular formula is C39H50N4O9. The van der Waals surface area contributed by atoms with E-state index in [0.29, 0.717) is 13.1 Å². The van der Waals surface area contributed by atoms with Crippen LogP contribution in [0.5, 0.6) is 0 Å². The molecule has 52 heavy (non-hydrogen) atoms. The number of ether oxygens (including phenoxy) is 5. The number of aliphatic hydroxyl groups is 1. The van der Waals surface area contributed by atoms with Gasteiger partial charge in [0.1, 0.15) is 19.8 Å². The second kappa shape index (κ2) is 19.2. The first kappa shape index (κ1) is 38.5. The predicted octanol–water partition coefficient (Wildman–Crippen LogP) is 4.73. The van der Waals surface area contributed by atoms with E-state index in [1.165, 1.54) is 4.90 Å². The highest BCUT2D eigenvalue weighted by molar-refractivity contribution is 5.70. The fourth-order valence-electron chi connectivity index (χ4n) is 5.92. The monoisotopic (exact) mass is 718 g/mol. The smallest absolute Gasteiger partial charge is 0.410 e. The lowest BCUT2D eigenvalue weighted by molar-refractivity contribution is -0.204. The molecule has 280 valence electrons. The van der Waals surface area contributed by atoms with E-state index < -0.39 is 36.2 Å². The first-order chi connectivity index (χ1) is 25.2. The van der Waals surface area contributed by atoms with E-state index >= 15 is 0 Å². The second-order valence-corrected chi connectivity index (χ2v) is 13.3. The number of amides is 3. The Labute approximate surface area is 305 Å². The lowest BCUT2D eigenvalue weighted by atomic mass is 10.1. The number of carbonyl (C=O) groups excluding carboxylic acids is 3. The van der Waals surface area contributed by atoms with Crippen molar-refractivity contribution in [3.63, 3.8) is 0 Å². The highest BCUT2D eigenvalue weighted by Gasteiger charge is 2.36. The molecule has 0 aliphatic carbocycles. The summed E-state index contributed by atoms with van der Waals surface area (Å²) in [4.78, 5) is 47.3. The van der Waals surface area contributed by atoms with Gasteiger partial charge < -0.3 is 43.5 Å². The summed E-state index contributed by atoms with van der Waals surface area (Å²) in [5.41, 5.74) is 2.53. The summed E-state index contributed by atoms with van der Waals surface area (Å²) >= 11 is 0. The number of rotatable bonds is 7. The highest BCUT2D eigenvalue weighted by Crippen LogP contribution is 2.21. The Morgan fingerprint density at radius 2 is 0.904 bits per heavy atom. The fraction of sp³-hybridized carbons (Fsp3) is 0.462. The van der Waals surface area contributed by atoms with E-state index in [-0.39, 0.29) is 72.3 Å². The topological polar surface area (TPSA) is 131 Å². The molecular weight excluding hydrogens is 668 g/mol. The van der Waals surface area contributed by atoms with E-state index in [4.69, 9.17) is 23.7 Å².